The zero-order valence-electron chi connectivity index (χ0n) is 19.4. The Balaban J connectivity index is 0.00000450. The topological polar surface area (TPSA) is 65.0 Å². The summed E-state index contributed by atoms with van der Waals surface area (Å²) in [5.74, 6) is 2.53. The number of anilines is 1. The molecule has 2 N–H and O–H groups in total. The van der Waals surface area contributed by atoms with Gasteiger partial charge in [-0.2, -0.15) is 0 Å². The van der Waals surface area contributed by atoms with Crippen LogP contribution in [0.3, 0.4) is 0 Å². The number of guanidine groups is 1. The normalized spacial score (nSPS) is 17.5. The first kappa shape index (κ1) is 26.9. The second kappa shape index (κ2) is 14.8. The molecule has 1 aromatic rings. The standard InChI is InChI=1S/C22H40N6O.HI/c1-6-23-22(26-15-20-17-27(11-12-29-20)16-18(4)5)25-14-19-9-10-21(24-13-19)28(7-2)8-3;/h9-10,13,18,20H,6-8,11-12,14-17H2,1-5H3,(H2,23,25,26);1H. The average molecular weight is 533 g/mol. The lowest BCUT2D eigenvalue weighted by molar-refractivity contribution is -0.0284. The second-order valence-electron chi connectivity index (χ2n) is 7.92. The number of aliphatic imine (C=N–C) groups is 1. The molecular weight excluding hydrogens is 491 g/mol. The van der Waals surface area contributed by atoms with Gasteiger partial charge in [0.25, 0.3) is 0 Å². The van der Waals surface area contributed by atoms with Gasteiger partial charge in [-0.3, -0.25) is 4.90 Å². The Morgan fingerprint density at radius 3 is 2.63 bits per heavy atom. The lowest BCUT2D eigenvalue weighted by atomic mass is 10.2. The molecule has 1 unspecified atom stereocenters. The van der Waals surface area contributed by atoms with Crippen LogP contribution in [0.2, 0.25) is 0 Å². The zero-order chi connectivity index (χ0) is 21.1. The van der Waals surface area contributed by atoms with E-state index in [1.165, 1.54) is 0 Å². The van der Waals surface area contributed by atoms with Crippen molar-refractivity contribution in [2.45, 2.75) is 47.3 Å². The maximum Gasteiger partial charge on any atom is 0.191 e. The van der Waals surface area contributed by atoms with Crippen molar-refractivity contribution in [1.82, 2.24) is 20.5 Å². The summed E-state index contributed by atoms with van der Waals surface area (Å²) in [6, 6.07) is 4.19. The minimum Gasteiger partial charge on any atom is -0.374 e. The summed E-state index contributed by atoms with van der Waals surface area (Å²) in [4.78, 5) is 14.0. The summed E-state index contributed by atoms with van der Waals surface area (Å²) in [5, 5.41) is 6.77. The smallest absolute Gasteiger partial charge is 0.191 e. The predicted octanol–water partition coefficient (Wildman–Crippen LogP) is 2.96. The van der Waals surface area contributed by atoms with Gasteiger partial charge in [0.1, 0.15) is 5.82 Å². The fourth-order valence-electron chi connectivity index (χ4n) is 3.55. The molecule has 0 bridgehead atoms. The van der Waals surface area contributed by atoms with Gasteiger partial charge >= 0.3 is 0 Å². The molecule has 30 heavy (non-hydrogen) atoms. The number of pyridine rings is 1. The van der Waals surface area contributed by atoms with Gasteiger partial charge in [-0.1, -0.05) is 19.9 Å². The summed E-state index contributed by atoms with van der Waals surface area (Å²) in [6.07, 6.45) is 2.12. The van der Waals surface area contributed by atoms with Gasteiger partial charge in [0.05, 0.1) is 19.3 Å². The number of halogens is 1. The molecule has 1 saturated heterocycles. The largest absolute Gasteiger partial charge is 0.374 e. The first-order chi connectivity index (χ1) is 14.0. The summed E-state index contributed by atoms with van der Waals surface area (Å²) in [7, 11) is 0. The summed E-state index contributed by atoms with van der Waals surface area (Å²) < 4.78 is 5.94. The molecule has 1 atom stereocenters. The van der Waals surface area contributed by atoms with E-state index in [9.17, 15) is 0 Å². The Kier molecular flexibility index (Phi) is 13.3. The average Bonchev–Trinajstić information content (AvgIpc) is 2.72. The predicted molar refractivity (Wildman–Crippen MR) is 137 cm³/mol. The van der Waals surface area contributed by atoms with Crippen LogP contribution in [-0.4, -0.2) is 74.4 Å². The van der Waals surface area contributed by atoms with Crippen molar-refractivity contribution in [1.29, 1.82) is 0 Å². The second-order valence-corrected chi connectivity index (χ2v) is 7.92. The lowest BCUT2D eigenvalue weighted by Crippen LogP contribution is -2.50. The van der Waals surface area contributed by atoms with Gasteiger partial charge in [0.2, 0.25) is 0 Å². The van der Waals surface area contributed by atoms with E-state index in [0.717, 1.165) is 69.8 Å². The van der Waals surface area contributed by atoms with E-state index in [0.29, 0.717) is 12.5 Å². The van der Waals surface area contributed by atoms with Gasteiger partial charge in [-0.15, -0.1) is 24.0 Å². The van der Waals surface area contributed by atoms with Gasteiger partial charge in [0.15, 0.2) is 5.96 Å². The first-order valence-corrected chi connectivity index (χ1v) is 11.1. The highest BCUT2D eigenvalue weighted by molar-refractivity contribution is 14.0. The summed E-state index contributed by atoms with van der Waals surface area (Å²) in [6.45, 7) is 19.0. The Morgan fingerprint density at radius 1 is 1.27 bits per heavy atom. The van der Waals surface area contributed by atoms with Crippen molar-refractivity contribution in [3.05, 3.63) is 23.9 Å². The molecule has 1 aromatic heterocycles. The Morgan fingerprint density at radius 2 is 2.03 bits per heavy atom. The maximum atomic E-state index is 5.94. The van der Waals surface area contributed by atoms with Gasteiger partial charge in [-0.05, 0) is 38.3 Å². The summed E-state index contributed by atoms with van der Waals surface area (Å²) >= 11 is 0. The van der Waals surface area contributed by atoms with Crippen LogP contribution in [0.15, 0.2) is 23.3 Å². The molecule has 8 heteroatoms. The summed E-state index contributed by atoms with van der Waals surface area (Å²) in [5.41, 5.74) is 1.11. The number of nitrogens with zero attached hydrogens (tertiary/aromatic N) is 4. The van der Waals surface area contributed by atoms with Crippen LogP contribution in [0.1, 0.15) is 40.2 Å². The van der Waals surface area contributed by atoms with Crippen LogP contribution in [0.4, 0.5) is 5.82 Å². The molecule has 1 fully saturated rings. The van der Waals surface area contributed by atoms with Crippen molar-refractivity contribution < 1.29 is 4.74 Å². The van der Waals surface area contributed by atoms with Crippen molar-refractivity contribution in [2.75, 3.05) is 57.3 Å². The molecule has 0 radical (unpaired) electrons. The number of ether oxygens (including phenoxy) is 1. The van der Waals surface area contributed by atoms with E-state index in [2.05, 4.69) is 72.2 Å². The number of hydrogen-bond donors (Lipinski definition) is 2. The van der Waals surface area contributed by atoms with E-state index in [1.54, 1.807) is 0 Å². The molecule has 2 heterocycles. The van der Waals surface area contributed by atoms with Gasteiger partial charge < -0.3 is 20.3 Å². The molecule has 2 rings (SSSR count). The van der Waals surface area contributed by atoms with Crippen LogP contribution in [0, 0.1) is 5.92 Å². The van der Waals surface area contributed by atoms with Crippen molar-refractivity contribution >= 4 is 35.8 Å². The molecule has 7 nitrogen and oxygen atoms in total. The lowest BCUT2D eigenvalue weighted by Gasteiger charge is -2.34. The number of hydrogen-bond acceptors (Lipinski definition) is 5. The fraction of sp³-hybridized carbons (Fsp3) is 0.727. The first-order valence-electron chi connectivity index (χ1n) is 11.1. The minimum absolute atomic E-state index is 0. The van der Waals surface area contributed by atoms with E-state index < -0.39 is 0 Å². The van der Waals surface area contributed by atoms with E-state index in [-0.39, 0.29) is 30.1 Å². The number of nitrogens with one attached hydrogen (secondary N) is 2. The number of morpholine rings is 1. The molecule has 0 saturated carbocycles. The van der Waals surface area contributed by atoms with Crippen LogP contribution < -0.4 is 15.5 Å². The molecule has 0 spiro atoms. The van der Waals surface area contributed by atoms with E-state index in [4.69, 9.17) is 9.73 Å². The molecule has 0 aliphatic carbocycles. The molecule has 1 aliphatic heterocycles. The van der Waals surface area contributed by atoms with Crippen LogP contribution in [0.25, 0.3) is 0 Å². The Hall–Kier alpha value is -1.13. The number of rotatable bonds is 10. The highest BCUT2D eigenvalue weighted by atomic mass is 127. The molecule has 0 amide bonds. The Labute approximate surface area is 200 Å². The SMILES string of the molecule is CCNC(=NCc1ccc(N(CC)CC)nc1)NCC1CN(CC(C)C)CCO1.I. The quantitative estimate of drug-likeness (QED) is 0.275. The van der Waals surface area contributed by atoms with E-state index in [1.807, 2.05) is 6.20 Å². The number of aromatic nitrogens is 1. The van der Waals surface area contributed by atoms with E-state index >= 15 is 0 Å². The zero-order valence-corrected chi connectivity index (χ0v) is 21.7. The molecule has 0 aromatic carbocycles. The molecule has 1 aliphatic rings. The maximum absolute atomic E-state index is 5.94. The van der Waals surface area contributed by atoms with Crippen molar-refractivity contribution in [3.8, 4) is 0 Å². The fourth-order valence-corrected chi connectivity index (χ4v) is 3.55. The molecule has 172 valence electrons. The van der Waals surface area contributed by atoms with Crippen LogP contribution >= 0.6 is 24.0 Å². The Bertz CT molecular complexity index is 606. The van der Waals surface area contributed by atoms with Crippen LogP contribution in [0.5, 0.6) is 0 Å². The molecular formula is C22H41IN6O. The highest BCUT2D eigenvalue weighted by Crippen LogP contribution is 2.11. The van der Waals surface area contributed by atoms with Gasteiger partial charge in [0, 0.05) is 52.0 Å². The highest BCUT2D eigenvalue weighted by Gasteiger charge is 2.21. The third-order valence-corrected chi connectivity index (χ3v) is 5.00. The van der Waals surface area contributed by atoms with Gasteiger partial charge in [-0.25, -0.2) is 9.98 Å². The van der Waals surface area contributed by atoms with Crippen LogP contribution in [-0.2, 0) is 11.3 Å². The van der Waals surface area contributed by atoms with Crippen molar-refractivity contribution in [2.24, 2.45) is 10.9 Å². The monoisotopic (exact) mass is 532 g/mol. The van der Waals surface area contributed by atoms with Crippen molar-refractivity contribution in [3.63, 3.8) is 0 Å². The minimum atomic E-state index is 0. The third-order valence-electron chi connectivity index (χ3n) is 5.00. The third kappa shape index (κ3) is 9.34.